The SMILES string of the molecule is CC(C)CC(=O)N1CCC(NC(=O)C2C3CCC(C3)C2N)CC1. The van der Waals surface area contributed by atoms with Gasteiger partial charge in [-0.15, -0.1) is 0 Å². The van der Waals surface area contributed by atoms with Crippen LogP contribution in [0.2, 0.25) is 0 Å². The van der Waals surface area contributed by atoms with E-state index in [1.807, 2.05) is 4.90 Å². The molecule has 3 N–H and O–H groups in total. The molecule has 0 aromatic carbocycles. The van der Waals surface area contributed by atoms with Crippen LogP contribution in [0.3, 0.4) is 0 Å². The second kappa shape index (κ2) is 6.80. The maximum absolute atomic E-state index is 12.6. The van der Waals surface area contributed by atoms with Crippen molar-refractivity contribution < 1.29 is 9.59 Å². The quantitative estimate of drug-likeness (QED) is 0.824. The van der Waals surface area contributed by atoms with Gasteiger partial charge in [-0.1, -0.05) is 13.8 Å². The molecule has 4 unspecified atom stereocenters. The fourth-order valence-corrected chi connectivity index (χ4v) is 4.77. The van der Waals surface area contributed by atoms with Crippen LogP contribution in [-0.4, -0.2) is 41.9 Å². The number of hydrogen-bond acceptors (Lipinski definition) is 3. The van der Waals surface area contributed by atoms with Gasteiger partial charge in [-0.05, 0) is 49.9 Å². The number of nitrogens with one attached hydrogen (secondary N) is 1. The second-order valence-electron chi connectivity index (χ2n) is 8.20. The number of likely N-dealkylation sites (tertiary alicyclic amines) is 1. The Morgan fingerprint density at radius 3 is 2.35 bits per heavy atom. The third-order valence-electron chi connectivity index (χ3n) is 6.06. The lowest BCUT2D eigenvalue weighted by atomic mass is 9.84. The van der Waals surface area contributed by atoms with E-state index in [9.17, 15) is 9.59 Å². The van der Waals surface area contributed by atoms with Gasteiger partial charge in [0.1, 0.15) is 0 Å². The molecule has 1 saturated heterocycles. The van der Waals surface area contributed by atoms with Gasteiger partial charge in [0.2, 0.25) is 11.8 Å². The lowest BCUT2D eigenvalue weighted by molar-refractivity contribution is -0.133. The zero-order valence-electron chi connectivity index (χ0n) is 14.5. The molecule has 2 amide bonds. The van der Waals surface area contributed by atoms with Crippen molar-refractivity contribution in [3.63, 3.8) is 0 Å². The fourth-order valence-electron chi connectivity index (χ4n) is 4.77. The fraction of sp³-hybridized carbons (Fsp3) is 0.889. The number of piperidine rings is 1. The Kier molecular flexibility index (Phi) is 4.95. The zero-order valence-corrected chi connectivity index (χ0v) is 14.5. The van der Waals surface area contributed by atoms with Gasteiger partial charge in [0, 0.05) is 31.6 Å². The van der Waals surface area contributed by atoms with Crippen LogP contribution in [-0.2, 0) is 9.59 Å². The summed E-state index contributed by atoms with van der Waals surface area (Å²) in [4.78, 5) is 26.7. The van der Waals surface area contributed by atoms with E-state index in [1.54, 1.807) is 0 Å². The summed E-state index contributed by atoms with van der Waals surface area (Å²) in [6, 6.07) is 0.262. The van der Waals surface area contributed by atoms with Gasteiger partial charge in [-0.2, -0.15) is 0 Å². The van der Waals surface area contributed by atoms with Crippen molar-refractivity contribution >= 4 is 11.8 Å². The van der Waals surface area contributed by atoms with E-state index in [1.165, 1.54) is 12.8 Å². The van der Waals surface area contributed by atoms with Crippen molar-refractivity contribution in [3.05, 3.63) is 0 Å². The van der Waals surface area contributed by atoms with Crippen LogP contribution in [0.25, 0.3) is 0 Å². The smallest absolute Gasteiger partial charge is 0.225 e. The molecule has 3 fully saturated rings. The van der Waals surface area contributed by atoms with Crippen LogP contribution in [0, 0.1) is 23.7 Å². The molecule has 2 bridgehead atoms. The molecule has 1 aliphatic heterocycles. The number of hydrogen-bond donors (Lipinski definition) is 2. The van der Waals surface area contributed by atoms with Crippen LogP contribution in [0.15, 0.2) is 0 Å². The Bertz CT molecular complexity index is 455. The van der Waals surface area contributed by atoms with E-state index in [2.05, 4.69) is 19.2 Å². The standard InChI is InChI=1S/C18H31N3O2/c1-11(2)9-15(22)21-7-5-14(6-8-21)20-18(23)16-12-3-4-13(10-12)17(16)19/h11-14,16-17H,3-10,19H2,1-2H3,(H,20,23). The van der Waals surface area contributed by atoms with E-state index in [0.717, 1.165) is 32.4 Å². The number of fused-ring (bicyclic) bond motifs is 2. The highest BCUT2D eigenvalue weighted by Gasteiger charge is 2.49. The molecule has 23 heavy (non-hydrogen) atoms. The first-order chi connectivity index (χ1) is 11.0. The zero-order chi connectivity index (χ0) is 16.6. The highest BCUT2D eigenvalue weighted by atomic mass is 16.2. The minimum absolute atomic E-state index is 0.0225. The second-order valence-corrected chi connectivity index (χ2v) is 8.20. The Labute approximate surface area is 139 Å². The summed E-state index contributed by atoms with van der Waals surface area (Å²) in [5.41, 5.74) is 6.26. The average Bonchev–Trinajstić information content (AvgIpc) is 3.08. The molecule has 0 aromatic rings. The molecule has 5 heteroatoms. The van der Waals surface area contributed by atoms with E-state index in [4.69, 9.17) is 5.73 Å². The maximum atomic E-state index is 12.6. The van der Waals surface area contributed by atoms with E-state index < -0.39 is 0 Å². The summed E-state index contributed by atoms with van der Waals surface area (Å²) in [7, 11) is 0. The first-order valence-electron chi connectivity index (χ1n) is 9.29. The summed E-state index contributed by atoms with van der Waals surface area (Å²) in [5, 5.41) is 3.22. The highest BCUT2D eigenvalue weighted by molar-refractivity contribution is 5.81. The Hall–Kier alpha value is -1.10. The van der Waals surface area contributed by atoms with Crippen molar-refractivity contribution in [2.75, 3.05) is 13.1 Å². The Morgan fingerprint density at radius 1 is 1.13 bits per heavy atom. The van der Waals surface area contributed by atoms with Crippen molar-refractivity contribution in [2.24, 2.45) is 29.4 Å². The van der Waals surface area contributed by atoms with E-state index >= 15 is 0 Å². The number of nitrogens with zero attached hydrogens (tertiary/aromatic N) is 1. The molecule has 0 radical (unpaired) electrons. The predicted molar refractivity (Wildman–Crippen MR) is 89.5 cm³/mol. The molecule has 4 atom stereocenters. The van der Waals surface area contributed by atoms with Gasteiger partial charge >= 0.3 is 0 Å². The molecular formula is C18H31N3O2. The van der Waals surface area contributed by atoms with Crippen molar-refractivity contribution in [1.82, 2.24) is 10.2 Å². The third kappa shape index (κ3) is 3.54. The van der Waals surface area contributed by atoms with Gasteiger partial charge in [-0.3, -0.25) is 9.59 Å². The van der Waals surface area contributed by atoms with Crippen LogP contribution in [0.4, 0.5) is 0 Å². The summed E-state index contributed by atoms with van der Waals surface area (Å²) in [5.74, 6) is 1.90. The van der Waals surface area contributed by atoms with Gasteiger partial charge < -0.3 is 16.0 Å². The molecule has 3 aliphatic rings. The van der Waals surface area contributed by atoms with E-state index in [-0.39, 0.29) is 29.8 Å². The molecule has 2 aliphatic carbocycles. The molecule has 1 heterocycles. The van der Waals surface area contributed by atoms with Crippen molar-refractivity contribution in [3.8, 4) is 0 Å². The van der Waals surface area contributed by atoms with Crippen molar-refractivity contribution in [1.29, 1.82) is 0 Å². The number of rotatable bonds is 4. The predicted octanol–water partition coefficient (Wildman–Crippen LogP) is 1.51. The van der Waals surface area contributed by atoms with Crippen LogP contribution < -0.4 is 11.1 Å². The summed E-state index contributed by atoms with van der Waals surface area (Å²) in [6.45, 7) is 5.67. The first-order valence-corrected chi connectivity index (χ1v) is 9.29. The van der Waals surface area contributed by atoms with Gasteiger partial charge in [-0.25, -0.2) is 0 Å². The number of nitrogens with two attached hydrogens (primary N) is 1. The van der Waals surface area contributed by atoms with Crippen molar-refractivity contribution in [2.45, 2.75) is 64.5 Å². The number of carbonyl (C=O) groups is 2. The minimum Gasteiger partial charge on any atom is -0.353 e. The highest BCUT2D eigenvalue weighted by Crippen LogP contribution is 2.47. The van der Waals surface area contributed by atoms with Gasteiger partial charge in [0.05, 0.1) is 5.92 Å². The number of carbonyl (C=O) groups excluding carboxylic acids is 2. The summed E-state index contributed by atoms with van der Waals surface area (Å²) >= 11 is 0. The lowest BCUT2D eigenvalue weighted by Crippen LogP contribution is -2.51. The average molecular weight is 321 g/mol. The maximum Gasteiger partial charge on any atom is 0.225 e. The molecule has 0 spiro atoms. The summed E-state index contributed by atoms with van der Waals surface area (Å²) < 4.78 is 0. The third-order valence-corrected chi connectivity index (χ3v) is 6.06. The molecule has 3 rings (SSSR count). The minimum atomic E-state index is 0.0225. The summed E-state index contributed by atoms with van der Waals surface area (Å²) in [6.07, 6.45) is 5.86. The molecule has 0 aromatic heterocycles. The molecule has 2 saturated carbocycles. The lowest BCUT2D eigenvalue weighted by Gasteiger charge is -2.34. The monoisotopic (exact) mass is 321 g/mol. The van der Waals surface area contributed by atoms with Gasteiger partial charge in [0.15, 0.2) is 0 Å². The van der Waals surface area contributed by atoms with Crippen LogP contribution in [0.1, 0.15) is 52.4 Å². The first kappa shape index (κ1) is 16.7. The van der Waals surface area contributed by atoms with Crippen LogP contribution >= 0.6 is 0 Å². The number of amides is 2. The molecule has 130 valence electrons. The topological polar surface area (TPSA) is 75.4 Å². The molecule has 5 nitrogen and oxygen atoms in total. The van der Waals surface area contributed by atoms with E-state index in [0.29, 0.717) is 24.2 Å². The van der Waals surface area contributed by atoms with Crippen LogP contribution in [0.5, 0.6) is 0 Å². The normalized spacial score (nSPS) is 34.2. The van der Waals surface area contributed by atoms with Gasteiger partial charge in [0.25, 0.3) is 0 Å². The largest absolute Gasteiger partial charge is 0.353 e. The molecular weight excluding hydrogens is 290 g/mol. The Balaban J connectivity index is 1.46. The Morgan fingerprint density at radius 2 is 1.78 bits per heavy atom.